The third-order valence-corrected chi connectivity index (χ3v) is 3.35. The Hall–Kier alpha value is -0.870. The van der Waals surface area contributed by atoms with Crippen LogP contribution in [0.5, 0.6) is 0 Å². The van der Waals surface area contributed by atoms with E-state index in [-0.39, 0.29) is 0 Å². The maximum absolute atomic E-state index is 4.54. The molecule has 0 saturated heterocycles. The van der Waals surface area contributed by atoms with Crippen LogP contribution in [0, 0.1) is 6.92 Å². The van der Waals surface area contributed by atoms with Gasteiger partial charge < -0.3 is 5.32 Å². The van der Waals surface area contributed by atoms with Gasteiger partial charge in [-0.25, -0.2) is 4.98 Å². The maximum Gasteiger partial charge on any atom is 0.194 e. The first-order valence-electron chi connectivity index (χ1n) is 5.39. The topological polar surface area (TPSA) is 29.3 Å². The van der Waals surface area contributed by atoms with Crippen LogP contribution in [0.1, 0.15) is 37.7 Å². The van der Waals surface area contributed by atoms with Crippen LogP contribution in [0.25, 0.3) is 4.96 Å². The van der Waals surface area contributed by atoms with E-state index in [2.05, 4.69) is 47.0 Å². The summed E-state index contributed by atoms with van der Waals surface area (Å²) >= 11 is 1.69. The van der Waals surface area contributed by atoms with E-state index in [1.54, 1.807) is 11.3 Å². The molecule has 2 rings (SSSR count). The fraction of sp³-hybridized carbons (Fsp3) is 0.545. The summed E-state index contributed by atoms with van der Waals surface area (Å²) in [5.41, 5.74) is 2.43. The van der Waals surface area contributed by atoms with Gasteiger partial charge in [0, 0.05) is 17.6 Å². The average Bonchev–Trinajstić information content (AvgIpc) is 2.73. The van der Waals surface area contributed by atoms with E-state index in [9.17, 15) is 0 Å². The van der Waals surface area contributed by atoms with Crippen molar-refractivity contribution in [3.05, 3.63) is 23.0 Å². The molecule has 1 unspecified atom stereocenters. The first-order valence-corrected chi connectivity index (χ1v) is 6.27. The molecule has 1 atom stereocenters. The molecule has 0 fully saturated rings. The molecule has 82 valence electrons. The van der Waals surface area contributed by atoms with Crippen molar-refractivity contribution in [2.75, 3.05) is 6.54 Å². The Kier molecular flexibility index (Phi) is 3.07. The summed E-state index contributed by atoms with van der Waals surface area (Å²) < 4.78 is 2.19. The van der Waals surface area contributed by atoms with Crippen molar-refractivity contribution in [2.24, 2.45) is 0 Å². The molecule has 0 amide bonds. The summed E-state index contributed by atoms with van der Waals surface area (Å²) in [6, 6.07) is 0.370. The standard InChI is InChI=1S/C11H17N3S/c1-4-5-12-8(2)10-9(3)13-11-14(10)6-7-15-11/h6-8,12H,4-5H2,1-3H3. The normalized spacial score (nSPS) is 13.5. The van der Waals surface area contributed by atoms with E-state index in [4.69, 9.17) is 0 Å². The van der Waals surface area contributed by atoms with E-state index in [0.717, 1.165) is 23.6 Å². The van der Waals surface area contributed by atoms with E-state index in [0.29, 0.717) is 6.04 Å². The fourth-order valence-electron chi connectivity index (χ4n) is 1.89. The Balaban J connectivity index is 2.32. The lowest BCUT2D eigenvalue weighted by Gasteiger charge is -2.13. The zero-order chi connectivity index (χ0) is 10.8. The van der Waals surface area contributed by atoms with Crippen molar-refractivity contribution in [1.82, 2.24) is 14.7 Å². The summed E-state index contributed by atoms with van der Waals surface area (Å²) in [5, 5.41) is 5.58. The van der Waals surface area contributed by atoms with Crippen LogP contribution in [0.4, 0.5) is 0 Å². The molecule has 4 heteroatoms. The van der Waals surface area contributed by atoms with E-state index < -0.39 is 0 Å². The van der Waals surface area contributed by atoms with Crippen LogP contribution in [-0.2, 0) is 0 Å². The van der Waals surface area contributed by atoms with Crippen LogP contribution in [0.3, 0.4) is 0 Å². The Bertz CT molecular complexity index is 444. The van der Waals surface area contributed by atoms with Gasteiger partial charge in [-0.3, -0.25) is 4.40 Å². The third kappa shape index (κ3) is 1.92. The van der Waals surface area contributed by atoms with Gasteiger partial charge in [-0.2, -0.15) is 0 Å². The molecule has 0 aliphatic carbocycles. The van der Waals surface area contributed by atoms with Crippen molar-refractivity contribution in [3.8, 4) is 0 Å². The van der Waals surface area contributed by atoms with Crippen LogP contribution < -0.4 is 5.32 Å². The molecule has 0 radical (unpaired) electrons. The number of aryl methyl sites for hydroxylation is 1. The number of nitrogens with zero attached hydrogens (tertiary/aromatic N) is 2. The highest BCUT2D eigenvalue weighted by Gasteiger charge is 2.14. The minimum Gasteiger partial charge on any atom is -0.309 e. The number of nitrogens with one attached hydrogen (secondary N) is 1. The van der Waals surface area contributed by atoms with Crippen molar-refractivity contribution >= 4 is 16.3 Å². The molecule has 0 aliphatic rings. The third-order valence-electron chi connectivity index (χ3n) is 2.59. The number of rotatable bonds is 4. The molecule has 2 aromatic rings. The van der Waals surface area contributed by atoms with Gasteiger partial charge in [0.05, 0.1) is 11.4 Å². The average molecular weight is 223 g/mol. The Labute approximate surface area is 94.1 Å². The lowest BCUT2D eigenvalue weighted by molar-refractivity contribution is 0.553. The van der Waals surface area contributed by atoms with Gasteiger partial charge in [0.1, 0.15) is 0 Å². The molecular formula is C11H17N3S. The largest absolute Gasteiger partial charge is 0.309 e. The molecule has 2 heterocycles. The van der Waals surface area contributed by atoms with Gasteiger partial charge in [0.15, 0.2) is 4.96 Å². The first-order chi connectivity index (χ1) is 7.24. The van der Waals surface area contributed by atoms with Crippen molar-refractivity contribution in [3.63, 3.8) is 0 Å². The van der Waals surface area contributed by atoms with Gasteiger partial charge in [-0.05, 0) is 26.8 Å². The minimum absolute atomic E-state index is 0.370. The smallest absolute Gasteiger partial charge is 0.194 e. The number of hydrogen-bond donors (Lipinski definition) is 1. The van der Waals surface area contributed by atoms with Crippen LogP contribution in [0.2, 0.25) is 0 Å². The second kappa shape index (κ2) is 4.33. The molecule has 1 N–H and O–H groups in total. The zero-order valence-electron chi connectivity index (χ0n) is 9.45. The summed E-state index contributed by atoms with van der Waals surface area (Å²) in [5.74, 6) is 0. The van der Waals surface area contributed by atoms with Crippen molar-refractivity contribution < 1.29 is 0 Å². The molecule has 0 saturated carbocycles. The van der Waals surface area contributed by atoms with Crippen molar-refractivity contribution in [1.29, 1.82) is 0 Å². The summed E-state index contributed by atoms with van der Waals surface area (Å²) in [6.07, 6.45) is 3.26. The lowest BCUT2D eigenvalue weighted by Crippen LogP contribution is -2.21. The summed E-state index contributed by atoms with van der Waals surface area (Å²) in [6.45, 7) is 7.52. The lowest BCUT2D eigenvalue weighted by atomic mass is 10.2. The molecular weight excluding hydrogens is 206 g/mol. The molecule has 3 nitrogen and oxygen atoms in total. The molecule has 2 aromatic heterocycles. The first kappa shape index (κ1) is 10.6. The number of fused-ring (bicyclic) bond motifs is 1. The predicted octanol–water partition coefficient (Wildman–Crippen LogP) is 2.76. The van der Waals surface area contributed by atoms with Crippen LogP contribution in [0.15, 0.2) is 11.6 Å². The maximum atomic E-state index is 4.54. The van der Waals surface area contributed by atoms with Gasteiger partial charge in [0.2, 0.25) is 0 Å². The second-order valence-corrected chi connectivity index (χ2v) is 4.69. The van der Waals surface area contributed by atoms with E-state index in [1.807, 2.05) is 0 Å². The number of aromatic nitrogens is 2. The molecule has 0 bridgehead atoms. The fourth-order valence-corrected chi connectivity index (χ4v) is 2.66. The number of thiazole rings is 1. The van der Waals surface area contributed by atoms with Gasteiger partial charge in [-0.15, -0.1) is 11.3 Å². The molecule has 0 aliphatic heterocycles. The zero-order valence-corrected chi connectivity index (χ0v) is 10.3. The van der Waals surface area contributed by atoms with E-state index >= 15 is 0 Å². The predicted molar refractivity (Wildman–Crippen MR) is 64.5 cm³/mol. The molecule has 15 heavy (non-hydrogen) atoms. The van der Waals surface area contributed by atoms with Gasteiger partial charge in [0.25, 0.3) is 0 Å². The van der Waals surface area contributed by atoms with Crippen LogP contribution in [-0.4, -0.2) is 15.9 Å². The highest BCUT2D eigenvalue weighted by atomic mass is 32.1. The molecule has 0 spiro atoms. The minimum atomic E-state index is 0.370. The monoisotopic (exact) mass is 223 g/mol. The van der Waals surface area contributed by atoms with E-state index in [1.165, 1.54) is 5.69 Å². The quantitative estimate of drug-likeness (QED) is 0.863. The van der Waals surface area contributed by atoms with Gasteiger partial charge >= 0.3 is 0 Å². The van der Waals surface area contributed by atoms with Gasteiger partial charge in [-0.1, -0.05) is 6.92 Å². The highest BCUT2D eigenvalue weighted by Crippen LogP contribution is 2.22. The van der Waals surface area contributed by atoms with Crippen molar-refractivity contribution in [2.45, 2.75) is 33.2 Å². The highest BCUT2D eigenvalue weighted by molar-refractivity contribution is 7.15. The number of imidazole rings is 1. The summed E-state index contributed by atoms with van der Waals surface area (Å²) in [7, 11) is 0. The SMILES string of the molecule is CCCNC(C)c1c(C)nc2sccn12. The summed E-state index contributed by atoms with van der Waals surface area (Å²) in [4.78, 5) is 5.63. The Morgan fingerprint density at radius 2 is 2.40 bits per heavy atom. The molecule has 0 aromatic carbocycles. The Morgan fingerprint density at radius 1 is 1.60 bits per heavy atom. The second-order valence-electron chi connectivity index (χ2n) is 3.81. The Morgan fingerprint density at radius 3 is 3.13 bits per heavy atom. The number of hydrogen-bond acceptors (Lipinski definition) is 3. The van der Waals surface area contributed by atoms with Crippen LogP contribution >= 0.6 is 11.3 Å².